The monoisotopic (exact) mass is 195 g/mol. The molecule has 0 bridgehead atoms. The summed E-state index contributed by atoms with van der Waals surface area (Å²) < 4.78 is 0.951. The lowest BCUT2D eigenvalue weighted by molar-refractivity contribution is -0.913. The molecule has 1 heterocycles. The van der Waals surface area contributed by atoms with Crippen LogP contribution in [0.5, 0.6) is 0 Å². The Morgan fingerprint density at radius 1 is 1.50 bits per heavy atom. The average molecular weight is 195 g/mol. The Morgan fingerprint density at radius 3 is 2.50 bits per heavy atom. The topological polar surface area (TPSA) is 54.1 Å². The lowest BCUT2D eigenvalue weighted by atomic mass is 9.95. The molecule has 4 heteroatoms. The molecule has 0 unspecified atom stereocenters. The van der Waals surface area contributed by atoms with E-state index >= 15 is 0 Å². The van der Waals surface area contributed by atoms with E-state index in [1.165, 1.54) is 19.2 Å². The van der Waals surface area contributed by atoms with E-state index in [4.69, 9.17) is 0 Å². The first-order valence-electron chi connectivity index (χ1n) is 4.46. The molecule has 0 aliphatic carbocycles. The molecule has 0 atom stereocenters. The van der Waals surface area contributed by atoms with Crippen LogP contribution in [-0.2, 0) is 5.41 Å². The first-order chi connectivity index (χ1) is 6.32. The van der Waals surface area contributed by atoms with Crippen LogP contribution in [0.2, 0.25) is 0 Å². The highest BCUT2D eigenvalue weighted by Gasteiger charge is 2.29. The van der Waals surface area contributed by atoms with Crippen LogP contribution in [0.15, 0.2) is 12.3 Å². The second-order valence-corrected chi connectivity index (χ2v) is 4.29. The van der Waals surface area contributed by atoms with Gasteiger partial charge < -0.3 is 5.21 Å². The highest BCUT2D eigenvalue weighted by Crippen LogP contribution is 2.16. The fraction of sp³-hybridized carbons (Fsp3) is 0.500. The van der Waals surface area contributed by atoms with E-state index in [0.29, 0.717) is 11.5 Å². The molecule has 14 heavy (non-hydrogen) atoms. The molecule has 4 nitrogen and oxygen atoms in total. The van der Waals surface area contributed by atoms with Gasteiger partial charge in [0.25, 0.3) is 0 Å². The van der Waals surface area contributed by atoms with Gasteiger partial charge in [0.1, 0.15) is 6.20 Å². The van der Waals surface area contributed by atoms with E-state index in [0.717, 1.165) is 4.73 Å². The Labute approximate surface area is 83.2 Å². The van der Waals surface area contributed by atoms with Gasteiger partial charge in [-0.25, -0.2) is 0 Å². The Kier molecular flexibility index (Phi) is 2.55. The van der Waals surface area contributed by atoms with Crippen LogP contribution in [0, 0.1) is 0 Å². The van der Waals surface area contributed by atoms with Crippen molar-refractivity contribution in [2.24, 2.45) is 0 Å². The van der Waals surface area contributed by atoms with Gasteiger partial charge >= 0.3 is 5.82 Å². The van der Waals surface area contributed by atoms with Crippen LogP contribution in [0.4, 0.5) is 0 Å². The quantitative estimate of drug-likeness (QED) is 0.415. The molecule has 76 valence electrons. The van der Waals surface area contributed by atoms with Crippen molar-refractivity contribution in [2.45, 2.75) is 33.1 Å². The van der Waals surface area contributed by atoms with Gasteiger partial charge in [-0.05, 0) is 25.8 Å². The summed E-state index contributed by atoms with van der Waals surface area (Å²) in [5, 5.41) is 9.50. The summed E-state index contributed by atoms with van der Waals surface area (Å²) in [6.07, 6.45) is 1.43. The first-order valence-corrected chi connectivity index (χ1v) is 4.46. The maximum Gasteiger partial charge on any atom is 0.342 e. The van der Waals surface area contributed by atoms with Crippen molar-refractivity contribution in [3.63, 3.8) is 0 Å². The average Bonchev–Trinajstić information content (AvgIpc) is 2.02. The van der Waals surface area contributed by atoms with E-state index < -0.39 is 0 Å². The molecule has 0 spiro atoms. The Bertz CT molecular complexity index is 367. The van der Waals surface area contributed by atoms with E-state index in [1.807, 2.05) is 20.8 Å². The van der Waals surface area contributed by atoms with Gasteiger partial charge in [-0.3, -0.25) is 4.79 Å². The van der Waals surface area contributed by atoms with Crippen LogP contribution in [-0.4, -0.2) is 16.0 Å². The number of carbonyl (C=O) groups excluding carboxylic acids is 1. The van der Waals surface area contributed by atoms with Gasteiger partial charge in [-0.2, -0.15) is 0 Å². The molecule has 0 fully saturated rings. The lowest BCUT2D eigenvalue weighted by Crippen LogP contribution is -2.42. The van der Waals surface area contributed by atoms with Crippen LogP contribution >= 0.6 is 0 Å². The molecule has 1 aromatic heterocycles. The van der Waals surface area contributed by atoms with Crippen molar-refractivity contribution in [1.29, 1.82) is 0 Å². The third kappa shape index (κ3) is 2.07. The van der Waals surface area contributed by atoms with Gasteiger partial charge in [0, 0.05) is 13.0 Å². The van der Waals surface area contributed by atoms with Crippen molar-refractivity contribution < 1.29 is 14.7 Å². The second kappa shape index (κ2) is 3.36. The van der Waals surface area contributed by atoms with E-state index in [1.54, 1.807) is 0 Å². The molecule has 0 saturated heterocycles. The van der Waals surface area contributed by atoms with Gasteiger partial charge in [0.2, 0.25) is 11.5 Å². The predicted octanol–water partition coefficient (Wildman–Crippen LogP) is 1.11. The van der Waals surface area contributed by atoms with Crippen molar-refractivity contribution in [1.82, 2.24) is 4.98 Å². The fourth-order valence-corrected chi connectivity index (χ4v) is 1.12. The van der Waals surface area contributed by atoms with Crippen LogP contribution in [0.1, 0.15) is 44.0 Å². The second-order valence-electron chi connectivity index (χ2n) is 4.29. The smallest absolute Gasteiger partial charge is 0.342 e. The molecule has 0 amide bonds. The van der Waals surface area contributed by atoms with E-state index in [2.05, 4.69) is 4.98 Å². The number of ketones is 1. The van der Waals surface area contributed by atoms with E-state index in [-0.39, 0.29) is 11.2 Å². The predicted molar refractivity (Wildman–Crippen MR) is 50.3 cm³/mol. The molecule has 0 aliphatic heterocycles. The summed E-state index contributed by atoms with van der Waals surface area (Å²) in [4.78, 5) is 15.2. The maximum absolute atomic E-state index is 11.1. The zero-order valence-corrected chi connectivity index (χ0v) is 8.90. The molecular formula is C10H15N2O2+. The Morgan fingerprint density at radius 2 is 2.07 bits per heavy atom. The maximum atomic E-state index is 11.1. The van der Waals surface area contributed by atoms with Crippen LogP contribution in [0.3, 0.4) is 0 Å². The lowest BCUT2D eigenvalue weighted by Gasteiger charge is -2.11. The van der Waals surface area contributed by atoms with Crippen LogP contribution < -0.4 is 4.73 Å². The minimum Gasteiger partial charge on any atom is -0.350 e. The zero-order chi connectivity index (χ0) is 10.9. The van der Waals surface area contributed by atoms with Crippen molar-refractivity contribution in [3.8, 4) is 0 Å². The zero-order valence-electron chi connectivity index (χ0n) is 8.90. The van der Waals surface area contributed by atoms with Gasteiger partial charge in [-0.1, -0.05) is 4.73 Å². The van der Waals surface area contributed by atoms with Crippen molar-refractivity contribution >= 4 is 5.78 Å². The van der Waals surface area contributed by atoms with Gasteiger partial charge in [0.15, 0.2) is 0 Å². The normalized spacial score (nSPS) is 11.4. The number of Topliss-reactive ketones (excluding diaryl/α,β-unsaturated/α-hetero) is 1. The highest BCUT2D eigenvalue weighted by molar-refractivity contribution is 5.91. The molecule has 0 radical (unpaired) electrons. The number of hydrogen-bond acceptors (Lipinski definition) is 3. The summed E-state index contributed by atoms with van der Waals surface area (Å²) in [5.41, 5.74) is 0.0838. The standard InChI is InChI=1S/C10H15N2O2/c1-7(13)8-5-6-12(14)9(11-8)10(2,3)4/h5-6,14H,1-4H3/q+1. The number of nitrogens with zero attached hydrogens (tertiary/aromatic N) is 2. The van der Waals surface area contributed by atoms with E-state index in [9.17, 15) is 10.0 Å². The molecule has 0 aromatic carbocycles. The Hall–Kier alpha value is -1.45. The third-order valence-electron chi connectivity index (χ3n) is 1.85. The number of hydrogen-bond donors (Lipinski definition) is 1. The highest BCUT2D eigenvalue weighted by atomic mass is 16.5. The van der Waals surface area contributed by atoms with Crippen molar-refractivity contribution in [2.75, 3.05) is 0 Å². The fourth-order valence-electron chi connectivity index (χ4n) is 1.12. The molecule has 1 aromatic rings. The molecule has 1 N–H and O–H groups in total. The number of carbonyl (C=O) groups is 1. The molecular weight excluding hydrogens is 180 g/mol. The SMILES string of the molecule is CC(=O)c1cc[n+](O)c(C(C)(C)C)n1. The van der Waals surface area contributed by atoms with Gasteiger partial charge in [0.05, 0.1) is 5.41 Å². The first kappa shape index (κ1) is 10.6. The Balaban J connectivity index is 3.29. The summed E-state index contributed by atoms with van der Waals surface area (Å²) in [5.74, 6) is 0.376. The summed E-state index contributed by atoms with van der Waals surface area (Å²) >= 11 is 0. The molecule has 1 rings (SSSR count). The number of aromatic nitrogens is 2. The minimum absolute atomic E-state index is 0.101. The number of rotatable bonds is 1. The third-order valence-corrected chi connectivity index (χ3v) is 1.85. The summed E-state index contributed by atoms with van der Waals surface area (Å²) in [7, 11) is 0. The largest absolute Gasteiger partial charge is 0.350 e. The molecule has 0 aliphatic rings. The summed E-state index contributed by atoms with van der Waals surface area (Å²) in [6, 6.07) is 1.50. The van der Waals surface area contributed by atoms with Crippen molar-refractivity contribution in [3.05, 3.63) is 23.8 Å². The molecule has 0 saturated carbocycles. The van der Waals surface area contributed by atoms with Gasteiger partial charge in [-0.15, -0.1) is 0 Å². The minimum atomic E-state index is -0.291. The van der Waals surface area contributed by atoms with Crippen LogP contribution in [0.25, 0.3) is 0 Å². The summed E-state index contributed by atoms with van der Waals surface area (Å²) in [6.45, 7) is 7.22.